The largest absolute Gasteiger partial charge is 0.351 e. The van der Waals surface area contributed by atoms with E-state index in [9.17, 15) is 4.79 Å². The predicted octanol–water partition coefficient (Wildman–Crippen LogP) is 1.87. The average molecular weight is 277 g/mol. The summed E-state index contributed by atoms with van der Waals surface area (Å²) in [6, 6.07) is 1.98. The average Bonchev–Trinajstić information content (AvgIpc) is 2.58. The van der Waals surface area contributed by atoms with Gasteiger partial charge in [0.1, 0.15) is 0 Å². The molecule has 0 aromatic carbocycles. The van der Waals surface area contributed by atoms with Gasteiger partial charge in [-0.25, -0.2) is 0 Å². The third kappa shape index (κ3) is 3.77. The fourth-order valence-electron chi connectivity index (χ4n) is 0.981. The highest BCUT2D eigenvalue weighted by molar-refractivity contribution is 9.10. The lowest BCUT2D eigenvalue weighted by molar-refractivity contribution is -0.121. The Hall–Kier alpha value is -0.390. The number of amides is 1. The lowest BCUT2D eigenvalue weighted by Crippen LogP contribution is -2.22. The monoisotopic (exact) mass is 276 g/mol. The second kappa shape index (κ2) is 6.16. The van der Waals surface area contributed by atoms with E-state index < -0.39 is 0 Å². The zero-order valence-electron chi connectivity index (χ0n) is 7.75. The van der Waals surface area contributed by atoms with Crippen LogP contribution in [0.3, 0.4) is 0 Å². The number of nitrogens with one attached hydrogen (secondary N) is 1. The smallest absolute Gasteiger partial charge is 0.220 e. The molecule has 0 aliphatic carbocycles. The van der Waals surface area contributed by atoms with E-state index in [0.29, 0.717) is 19.5 Å². The lowest BCUT2D eigenvalue weighted by atomic mass is 10.3. The Balaban J connectivity index is 2.27. The summed E-state index contributed by atoms with van der Waals surface area (Å²) in [5, 5.41) is 4.84. The van der Waals surface area contributed by atoms with Gasteiger partial charge in [0, 0.05) is 15.8 Å². The Labute approximate surface area is 95.8 Å². The first kappa shape index (κ1) is 11.7. The molecule has 0 radical (unpaired) electrons. The van der Waals surface area contributed by atoms with Crippen LogP contribution in [0.1, 0.15) is 17.7 Å². The first-order chi connectivity index (χ1) is 6.74. The summed E-state index contributed by atoms with van der Waals surface area (Å²) in [6.07, 6.45) is 1.26. The van der Waals surface area contributed by atoms with Crippen molar-refractivity contribution in [2.45, 2.75) is 19.4 Å². The molecule has 3 N–H and O–H groups in total. The number of hydrogen-bond donors (Lipinski definition) is 2. The van der Waals surface area contributed by atoms with Crippen LogP contribution in [0, 0.1) is 0 Å². The number of hydrogen-bond acceptors (Lipinski definition) is 3. The van der Waals surface area contributed by atoms with E-state index in [1.807, 2.05) is 11.4 Å². The van der Waals surface area contributed by atoms with Crippen LogP contribution in [0.5, 0.6) is 0 Å². The fraction of sp³-hybridized carbons (Fsp3) is 0.444. The number of carbonyl (C=O) groups is 1. The van der Waals surface area contributed by atoms with E-state index in [1.54, 1.807) is 11.3 Å². The number of thiophene rings is 1. The molecule has 0 aliphatic heterocycles. The minimum absolute atomic E-state index is 0.0655. The molecule has 1 heterocycles. The first-order valence-electron chi connectivity index (χ1n) is 4.42. The van der Waals surface area contributed by atoms with Crippen molar-refractivity contribution in [1.29, 1.82) is 0 Å². The van der Waals surface area contributed by atoms with Gasteiger partial charge in [0.05, 0.1) is 6.54 Å². The molecular weight excluding hydrogens is 264 g/mol. The van der Waals surface area contributed by atoms with Crippen LogP contribution in [0.15, 0.2) is 15.9 Å². The molecule has 0 spiro atoms. The van der Waals surface area contributed by atoms with Gasteiger partial charge in [-0.3, -0.25) is 4.79 Å². The van der Waals surface area contributed by atoms with Crippen molar-refractivity contribution in [2.24, 2.45) is 5.73 Å². The maximum absolute atomic E-state index is 11.2. The SMILES string of the molecule is NCCCC(=O)NCc1sccc1Br. The zero-order valence-corrected chi connectivity index (χ0v) is 10.2. The van der Waals surface area contributed by atoms with Gasteiger partial charge in [0.25, 0.3) is 0 Å². The zero-order chi connectivity index (χ0) is 10.4. The highest BCUT2D eigenvalue weighted by Gasteiger charge is 2.03. The van der Waals surface area contributed by atoms with Gasteiger partial charge < -0.3 is 11.1 Å². The van der Waals surface area contributed by atoms with Crippen LogP contribution < -0.4 is 11.1 Å². The van der Waals surface area contributed by atoms with E-state index in [1.165, 1.54) is 0 Å². The Morgan fingerprint density at radius 2 is 2.43 bits per heavy atom. The molecule has 1 rings (SSSR count). The third-order valence-corrected chi connectivity index (χ3v) is 3.67. The normalized spacial score (nSPS) is 10.1. The molecule has 0 fully saturated rings. The van der Waals surface area contributed by atoms with Crippen molar-refractivity contribution in [2.75, 3.05) is 6.54 Å². The second-order valence-electron chi connectivity index (χ2n) is 2.86. The van der Waals surface area contributed by atoms with E-state index >= 15 is 0 Å². The van der Waals surface area contributed by atoms with Crippen molar-refractivity contribution >= 4 is 33.2 Å². The first-order valence-corrected chi connectivity index (χ1v) is 6.10. The quantitative estimate of drug-likeness (QED) is 0.863. The molecule has 3 nitrogen and oxygen atoms in total. The van der Waals surface area contributed by atoms with Crippen molar-refractivity contribution in [3.05, 3.63) is 20.8 Å². The van der Waals surface area contributed by atoms with Gasteiger partial charge in [-0.05, 0) is 40.3 Å². The maximum Gasteiger partial charge on any atom is 0.220 e. The summed E-state index contributed by atoms with van der Waals surface area (Å²) in [4.78, 5) is 12.4. The van der Waals surface area contributed by atoms with Gasteiger partial charge in [0.15, 0.2) is 0 Å². The fourth-order valence-corrected chi connectivity index (χ4v) is 2.41. The number of rotatable bonds is 5. The minimum atomic E-state index is 0.0655. The van der Waals surface area contributed by atoms with Crippen molar-refractivity contribution in [3.8, 4) is 0 Å². The van der Waals surface area contributed by atoms with Crippen molar-refractivity contribution in [3.63, 3.8) is 0 Å². The summed E-state index contributed by atoms with van der Waals surface area (Å²) >= 11 is 5.04. The number of nitrogens with two attached hydrogens (primary N) is 1. The Bertz CT molecular complexity index is 301. The summed E-state index contributed by atoms with van der Waals surface area (Å²) < 4.78 is 1.06. The van der Waals surface area contributed by atoms with E-state index in [0.717, 1.165) is 15.8 Å². The molecule has 14 heavy (non-hydrogen) atoms. The van der Waals surface area contributed by atoms with Crippen LogP contribution in [-0.4, -0.2) is 12.5 Å². The molecule has 0 saturated heterocycles. The third-order valence-electron chi connectivity index (χ3n) is 1.75. The summed E-state index contributed by atoms with van der Waals surface area (Å²) in [7, 11) is 0. The molecule has 0 bridgehead atoms. The summed E-state index contributed by atoms with van der Waals surface area (Å²) in [5.41, 5.74) is 5.31. The lowest BCUT2D eigenvalue weighted by Gasteiger charge is -2.02. The van der Waals surface area contributed by atoms with Gasteiger partial charge >= 0.3 is 0 Å². The topological polar surface area (TPSA) is 55.1 Å². The van der Waals surface area contributed by atoms with Crippen LogP contribution in [0.25, 0.3) is 0 Å². The highest BCUT2D eigenvalue weighted by Crippen LogP contribution is 2.22. The Morgan fingerprint density at radius 1 is 1.64 bits per heavy atom. The molecule has 1 aromatic rings. The number of halogens is 1. The molecule has 0 atom stereocenters. The molecular formula is C9H13BrN2OS. The van der Waals surface area contributed by atoms with Crippen molar-refractivity contribution in [1.82, 2.24) is 5.32 Å². The molecule has 5 heteroatoms. The van der Waals surface area contributed by atoms with Crippen LogP contribution >= 0.6 is 27.3 Å². The van der Waals surface area contributed by atoms with Crippen LogP contribution in [0.4, 0.5) is 0 Å². The Morgan fingerprint density at radius 3 is 3.00 bits per heavy atom. The van der Waals surface area contributed by atoms with Crippen LogP contribution in [0.2, 0.25) is 0 Å². The van der Waals surface area contributed by atoms with E-state index in [-0.39, 0.29) is 5.91 Å². The molecule has 0 saturated carbocycles. The molecule has 1 aromatic heterocycles. The number of carbonyl (C=O) groups excluding carboxylic acids is 1. The minimum Gasteiger partial charge on any atom is -0.351 e. The summed E-state index contributed by atoms with van der Waals surface area (Å²) in [6.45, 7) is 1.16. The van der Waals surface area contributed by atoms with Crippen molar-refractivity contribution < 1.29 is 4.79 Å². The Kier molecular flexibility index (Phi) is 5.14. The van der Waals surface area contributed by atoms with Gasteiger partial charge in [-0.15, -0.1) is 11.3 Å². The standard InChI is InChI=1S/C9H13BrN2OS/c10-7-3-5-14-8(7)6-12-9(13)2-1-4-11/h3,5H,1-2,4,6,11H2,(H,12,13). The molecule has 0 aliphatic rings. The van der Waals surface area contributed by atoms with Crippen LogP contribution in [-0.2, 0) is 11.3 Å². The van der Waals surface area contributed by atoms with E-state index in [2.05, 4.69) is 21.2 Å². The summed E-state index contributed by atoms with van der Waals surface area (Å²) in [5.74, 6) is 0.0655. The molecule has 78 valence electrons. The van der Waals surface area contributed by atoms with Gasteiger partial charge in [0.2, 0.25) is 5.91 Å². The van der Waals surface area contributed by atoms with E-state index in [4.69, 9.17) is 5.73 Å². The predicted molar refractivity (Wildman–Crippen MR) is 62.2 cm³/mol. The molecule has 1 amide bonds. The highest BCUT2D eigenvalue weighted by atomic mass is 79.9. The maximum atomic E-state index is 11.2. The molecule has 0 unspecified atom stereocenters. The second-order valence-corrected chi connectivity index (χ2v) is 4.72. The van der Waals surface area contributed by atoms with Gasteiger partial charge in [-0.2, -0.15) is 0 Å². The van der Waals surface area contributed by atoms with Gasteiger partial charge in [-0.1, -0.05) is 0 Å².